The normalized spacial score (nSPS) is 18.1. The number of fused-ring (bicyclic) bond motifs is 1. The lowest BCUT2D eigenvalue weighted by Crippen LogP contribution is -2.47. The summed E-state index contributed by atoms with van der Waals surface area (Å²) in [6, 6.07) is -0.246. The van der Waals surface area contributed by atoms with Crippen molar-refractivity contribution in [1.82, 2.24) is 35.4 Å². The maximum atomic E-state index is 12.1. The topological polar surface area (TPSA) is 101 Å². The van der Waals surface area contributed by atoms with Crippen LogP contribution in [0.4, 0.5) is 0 Å². The first kappa shape index (κ1) is 11.8. The molecule has 100 valence electrons. The van der Waals surface area contributed by atoms with Gasteiger partial charge < -0.3 is 14.9 Å². The fraction of sp³-hybridized carbons (Fsp3) is 0.455. The molecule has 2 aromatic rings. The highest BCUT2D eigenvalue weighted by Crippen LogP contribution is 2.12. The van der Waals surface area contributed by atoms with Crippen molar-refractivity contribution in [2.75, 3.05) is 0 Å². The molecular weight excluding hydrogens is 246 g/mol. The van der Waals surface area contributed by atoms with Gasteiger partial charge in [-0.3, -0.25) is 10.1 Å². The van der Waals surface area contributed by atoms with Gasteiger partial charge in [0.2, 0.25) is 5.91 Å². The number of carbonyl (C=O) groups is 1. The fourth-order valence-corrected chi connectivity index (χ4v) is 2.11. The lowest BCUT2D eigenvalue weighted by molar-refractivity contribution is -0.123. The lowest BCUT2D eigenvalue weighted by Gasteiger charge is -2.22. The Labute approximate surface area is 109 Å². The first-order valence-corrected chi connectivity index (χ1v) is 6.09. The average molecular weight is 261 g/mol. The Morgan fingerprint density at radius 1 is 1.63 bits per heavy atom. The summed E-state index contributed by atoms with van der Waals surface area (Å²) < 4.78 is 1.78. The van der Waals surface area contributed by atoms with Crippen LogP contribution >= 0.6 is 0 Å². The molecular formula is C11H15N7O. The molecule has 8 nitrogen and oxygen atoms in total. The van der Waals surface area contributed by atoms with Crippen LogP contribution < -0.4 is 10.6 Å². The molecule has 1 unspecified atom stereocenters. The number of rotatable bonds is 3. The molecule has 0 fully saturated rings. The zero-order valence-corrected chi connectivity index (χ0v) is 10.6. The average Bonchev–Trinajstić information content (AvgIpc) is 3.03. The van der Waals surface area contributed by atoms with Crippen molar-refractivity contribution in [1.29, 1.82) is 0 Å². The summed E-state index contributed by atoms with van der Waals surface area (Å²) in [5.74, 6) is 0.682. The largest absolute Gasteiger partial charge is 0.347 e. The number of nitrogens with one attached hydrogen (secondary N) is 3. The number of hydrogen-bond acceptors (Lipinski definition) is 5. The van der Waals surface area contributed by atoms with Gasteiger partial charge in [-0.05, 0) is 0 Å². The molecule has 0 radical (unpaired) electrons. The van der Waals surface area contributed by atoms with Gasteiger partial charge >= 0.3 is 0 Å². The Hall–Kier alpha value is -2.22. The number of aromatic nitrogens is 5. The number of nitrogens with zero attached hydrogens (tertiary/aromatic N) is 4. The van der Waals surface area contributed by atoms with Crippen molar-refractivity contribution in [2.45, 2.75) is 25.6 Å². The van der Waals surface area contributed by atoms with E-state index in [-0.39, 0.29) is 11.9 Å². The van der Waals surface area contributed by atoms with Gasteiger partial charge in [-0.1, -0.05) is 0 Å². The fourth-order valence-electron chi connectivity index (χ4n) is 2.11. The molecule has 0 saturated carbocycles. The summed E-state index contributed by atoms with van der Waals surface area (Å²) in [7, 11) is 1.84. The van der Waals surface area contributed by atoms with E-state index in [1.54, 1.807) is 17.2 Å². The maximum absolute atomic E-state index is 12.1. The van der Waals surface area contributed by atoms with Crippen LogP contribution in [-0.4, -0.2) is 36.7 Å². The number of hydrogen-bond donors (Lipinski definition) is 3. The second-order valence-electron chi connectivity index (χ2n) is 4.54. The van der Waals surface area contributed by atoms with Crippen LogP contribution in [0.15, 0.2) is 12.7 Å². The summed E-state index contributed by atoms with van der Waals surface area (Å²) >= 11 is 0. The molecule has 8 heteroatoms. The van der Waals surface area contributed by atoms with Crippen LogP contribution in [0.5, 0.6) is 0 Å². The van der Waals surface area contributed by atoms with E-state index in [9.17, 15) is 4.79 Å². The minimum Gasteiger partial charge on any atom is -0.347 e. The van der Waals surface area contributed by atoms with E-state index in [0.29, 0.717) is 19.5 Å². The third-order valence-corrected chi connectivity index (χ3v) is 3.27. The Balaban J connectivity index is 1.58. The maximum Gasteiger partial charge on any atom is 0.237 e. The highest BCUT2D eigenvalue weighted by Gasteiger charge is 2.25. The minimum atomic E-state index is -0.246. The van der Waals surface area contributed by atoms with Gasteiger partial charge in [-0.25, -0.2) is 4.98 Å². The van der Waals surface area contributed by atoms with Crippen molar-refractivity contribution in [2.24, 2.45) is 7.05 Å². The van der Waals surface area contributed by atoms with Crippen LogP contribution in [0.3, 0.4) is 0 Å². The molecule has 2 aromatic heterocycles. The van der Waals surface area contributed by atoms with Crippen molar-refractivity contribution in [3.8, 4) is 0 Å². The molecule has 1 aliphatic rings. The summed E-state index contributed by atoms with van der Waals surface area (Å²) in [4.78, 5) is 19.3. The number of carbonyl (C=O) groups excluding carboxylic acids is 1. The van der Waals surface area contributed by atoms with Gasteiger partial charge in [0.1, 0.15) is 6.33 Å². The molecule has 19 heavy (non-hydrogen) atoms. The molecule has 0 bridgehead atoms. The zero-order valence-electron chi connectivity index (χ0n) is 10.6. The second kappa shape index (κ2) is 4.81. The second-order valence-corrected chi connectivity index (χ2v) is 4.54. The van der Waals surface area contributed by atoms with Crippen LogP contribution in [-0.2, 0) is 31.4 Å². The van der Waals surface area contributed by atoms with E-state index >= 15 is 0 Å². The molecule has 0 aromatic carbocycles. The molecule has 1 amide bonds. The summed E-state index contributed by atoms with van der Waals surface area (Å²) in [5, 5.41) is 13.7. The molecule has 0 saturated heterocycles. The summed E-state index contributed by atoms with van der Waals surface area (Å²) in [6.07, 6.45) is 3.87. The number of aryl methyl sites for hydroxylation is 1. The van der Waals surface area contributed by atoms with E-state index in [4.69, 9.17) is 0 Å². The quantitative estimate of drug-likeness (QED) is 0.649. The van der Waals surface area contributed by atoms with Crippen LogP contribution in [0.1, 0.15) is 17.2 Å². The molecule has 3 N–H and O–H groups in total. The predicted octanol–water partition coefficient (Wildman–Crippen LogP) is -1.13. The third-order valence-electron chi connectivity index (χ3n) is 3.27. The van der Waals surface area contributed by atoms with Crippen molar-refractivity contribution >= 4 is 5.91 Å². The Morgan fingerprint density at radius 3 is 3.32 bits per heavy atom. The smallest absolute Gasteiger partial charge is 0.237 e. The molecule has 3 rings (SSSR count). The van der Waals surface area contributed by atoms with E-state index in [1.807, 2.05) is 7.05 Å². The van der Waals surface area contributed by atoms with Gasteiger partial charge in [0.05, 0.1) is 30.3 Å². The van der Waals surface area contributed by atoms with E-state index in [0.717, 1.165) is 17.2 Å². The number of aromatic amines is 1. The molecule has 1 atom stereocenters. The van der Waals surface area contributed by atoms with Gasteiger partial charge in [0, 0.05) is 20.0 Å². The Kier molecular flexibility index (Phi) is 3.00. The van der Waals surface area contributed by atoms with Gasteiger partial charge in [-0.15, -0.1) is 10.2 Å². The monoisotopic (exact) mass is 261 g/mol. The van der Waals surface area contributed by atoms with Gasteiger partial charge in [0.15, 0.2) is 5.82 Å². The van der Waals surface area contributed by atoms with Crippen molar-refractivity contribution < 1.29 is 4.79 Å². The standard InChI is InChI=1S/C11H15N7O/c1-18-6-16-17-10(18)4-13-11(19)8-2-7-9(3-12-8)15-5-14-7/h5-6,8,12H,2-4H2,1H3,(H,13,19)(H,14,15). The SMILES string of the molecule is Cn1cnnc1CNC(=O)C1Cc2nc[nH]c2CN1. The molecule has 3 heterocycles. The number of amides is 1. The molecule has 0 spiro atoms. The van der Waals surface area contributed by atoms with Crippen molar-refractivity contribution in [3.05, 3.63) is 29.9 Å². The zero-order chi connectivity index (χ0) is 13.2. The van der Waals surface area contributed by atoms with Crippen LogP contribution in [0.2, 0.25) is 0 Å². The minimum absolute atomic E-state index is 0.0448. The van der Waals surface area contributed by atoms with E-state index < -0.39 is 0 Å². The predicted molar refractivity (Wildman–Crippen MR) is 65.8 cm³/mol. The summed E-state index contributed by atoms with van der Waals surface area (Å²) in [5.41, 5.74) is 2.01. The first-order chi connectivity index (χ1) is 9.24. The number of H-pyrrole nitrogens is 1. The van der Waals surface area contributed by atoms with Crippen LogP contribution in [0.25, 0.3) is 0 Å². The number of imidazole rings is 1. The van der Waals surface area contributed by atoms with Gasteiger partial charge in [-0.2, -0.15) is 0 Å². The highest BCUT2D eigenvalue weighted by atomic mass is 16.2. The van der Waals surface area contributed by atoms with E-state index in [2.05, 4.69) is 30.8 Å². The molecule has 1 aliphatic heterocycles. The first-order valence-electron chi connectivity index (χ1n) is 6.09. The Morgan fingerprint density at radius 2 is 2.53 bits per heavy atom. The third kappa shape index (κ3) is 2.34. The van der Waals surface area contributed by atoms with Gasteiger partial charge in [0.25, 0.3) is 0 Å². The summed E-state index contributed by atoms with van der Waals surface area (Å²) in [6.45, 7) is 1.01. The molecule has 0 aliphatic carbocycles. The highest BCUT2D eigenvalue weighted by molar-refractivity contribution is 5.82. The van der Waals surface area contributed by atoms with Crippen molar-refractivity contribution in [3.63, 3.8) is 0 Å². The Bertz CT molecular complexity index is 587. The lowest BCUT2D eigenvalue weighted by atomic mass is 10.0. The van der Waals surface area contributed by atoms with E-state index in [1.165, 1.54) is 0 Å². The van der Waals surface area contributed by atoms with Crippen LogP contribution in [0, 0.1) is 0 Å².